The zero-order valence-electron chi connectivity index (χ0n) is 9.72. The predicted octanol–water partition coefficient (Wildman–Crippen LogP) is 0.953. The van der Waals surface area contributed by atoms with E-state index in [1.54, 1.807) is 6.92 Å². The van der Waals surface area contributed by atoms with Crippen LogP contribution in [0.25, 0.3) is 0 Å². The Labute approximate surface area is 97.8 Å². The molecule has 0 aromatic carbocycles. The standard InChI is InChI=1S/C10H19N3O2S/c1-2-12(10-7-11)16(14,15)13-8-5-3-4-6-9-13/h2-6,8-10H2,1H3. The van der Waals surface area contributed by atoms with E-state index in [-0.39, 0.29) is 6.54 Å². The maximum Gasteiger partial charge on any atom is 0.282 e. The summed E-state index contributed by atoms with van der Waals surface area (Å²) in [7, 11) is -3.42. The molecule has 5 nitrogen and oxygen atoms in total. The average molecular weight is 245 g/mol. The lowest BCUT2D eigenvalue weighted by Gasteiger charge is -2.26. The molecule has 0 aromatic rings. The lowest BCUT2D eigenvalue weighted by atomic mass is 10.2. The minimum atomic E-state index is -3.42. The second kappa shape index (κ2) is 6.18. The highest BCUT2D eigenvalue weighted by atomic mass is 32.2. The highest BCUT2D eigenvalue weighted by Gasteiger charge is 2.28. The van der Waals surface area contributed by atoms with Crippen molar-refractivity contribution in [2.75, 3.05) is 26.2 Å². The number of hydrogen-bond acceptors (Lipinski definition) is 3. The Hall–Kier alpha value is -0.640. The molecule has 1 saturated heterocycles. The van der Waals surface area contributed by atoms with Gasteiger partial charge in [0.2, 0.25) is 0 Å². The molecule has 0 amide bonds. The fourth-order valence-electron chi connectivity index (χ4n) is 1.87. The van der Waals surface area contributed by atoms with E-state index in [1.807, 2.05) is 6.07 Å². The van der Waals surface area contributed by atoms with E-state index in [9.17, 15) is 8.42 Å². The van der Waals surface area contributed by atoms with Crippen LogP contribution in [0.3, 0.4) is 0 Å². The van der Waals surface area contributed by atoms with Crippen molar-refractivity contribution in [3.8, 4) is 6.07 Å². The Bertz CT molecular complexity index is 340. The van der Waals surface area contributed by atoms with Crippen molar-refractivity contribution in [1.29, 1.82) is 5.26 Å². The maximum atomic E-state index is 12.2. The van der Waals surface area contributed by atoms with Gasteiger partial charge in [0.25, 0.3) is 10.2 Å². The molecule has 0 N–H and O–H groups in total. The smallest absolute Gasteiger partial charge is 0.197 e. The molecule has 1 fully saturated rings. The second-order valence-corrected chi connectivity index (χ2v) is 5.83. The Balaban J connectivity index is 2.77. The van der Waals surface area contributed by atoms with Crippen LogP contribution >= 0.6 is 0 Å². The molecule has 1 rings (SSSR count). The van der Waals surface area contributed by atoms with E-state index in [0.717, 1.165) is 25.7 Å². The Kier molecular flexibility index (Phi) is 5.19. The van der Waals surface area contributed by atoms with Crippen molar-refractivity contribution in [3.63, 3.8) is 0 Å². The molecule has 0 unspecified atom stereocenters. The lowest BCUT2D eigenvalue weighted by molar-refractivity contribution is 0.361. The van der Waals surface area contributed by atoms with Crippen molar-refractivity contribution in [1.82, 2.24) is 8.61 Å². The zero-order chi connectivity index (χ0) is 12.0. The first-order valence-corrected chi connectivity index (χ1v) is 7.14. The van der Waals surface area contributed by atoms with Gasteiger partial charge in [0.1, 0.15) is 6.54 Å². The van der Waals surface area contributed by atoms with Crippen LogP contribution in [0.1, 0.15) is 32.6 Å². The molecule has 1 aliphatic rings. The van der Waals surface area contributed by atoms with Gasteiger partial charge in [0.05, 0.1) is 6.07 Å². The Morgan fingerprint density at radius 3 is 2.25 bits per heavy atom. The number of nitriles is 1. The van der Waals surface area contributed by atoms with Gasteiger partial charge in [-0.3, -0.25) is 0 Å². The van der Waals surface area contributed by atoms with E-state index >= 15 is 0 Å². The van der Waals surface area contributed by atoms with E-state index in [1.165, 1.54) is 8.61 Å². The molecular weight excluding hydrogens is 226 g/mol. The summed E-state index contributed by atoms with van der Waals surface area (Å²) in [5, 5.41) is 8.61. The van der Waals surface area contributed by atoms with Gasteiger partial charge in [-0.15, -0.1) is 0 Å². The van der Waals surface area contributed by atoms with E-state index in [2.05, 4.69) is 0 Å². The van der Waals surface area contributed by atoms with Gasteiger partial charge in [0.15, 0.2) is 0 Å². The van der Waals surface area contributed by atoms with Gasteiger partial charge < -0.3 is 0 Å². The van der Waals surface area contributed by atoms with E-state index < -0.39 is 10.2 Å². The minimum absolute atomic E-state index is 0.0602. The van der Waals surface area contributed by atoms with Gasteiger partial charge in [0, 0.05) is 19.6 Å². The quantitative estimate of drug-likeness (QED) is 0.693. The fraction of sp³-hybridized carbons (Fsp3) is 0.900. The molecule has 0 atom stereocenters. The molecule has 92 valence electrons. The van der Waals surface area contributed by atoms with Crippen molar-refractivity contribution >= 4 is 10.2 Å². The summed E-state index contributed by atoms with van der Waals surface area (Å²) in [4.78, 5) is 0. The summed E-state index contributed by atoms with van der Waals surface area (Å²) in [5.41, 5.74) is 0. The summed E-state index contributed by atoms with van der Waals surface area (Å²) >= 11 is 0. The Morgan fingerprint density at radius 2 is 1.81 bits per heavy atom. The molecular formula is C10H19N3O2S. The van der Waals surface area contributed by atoms with Gasteiger partial charge in [-0.1, -0.05) is 19.8 Å². The molecule has 0 bridgehead atoms. The van der Waals surface area contributed by atoms with Crippen molar-refractivity contribution in [2.24, 2.45) is 0 Å². The first-order valence-electron chi connectivity index (χ1n) is 5.75. The molecule has 0 spiro atoms. The molecule has 0 aromatic heterocycles. The summed E-state index contributed by atoms with van der Waals surface area (Å²) in [6, 6.07) is 1.90. The first-order chi connectivity index (χ1) is 7.62. The average Bonchev–Trinajstić information content (AvgIpc) is 2.54. The van der Waals surface area contributed by atoms with Gasteiger partial charge in [-0.25, -0.2) is 0 Å². The van der Waals surface area contributed by atoms with Crippen molar-refractivity contribution in [2.45, 2.75) is 32.6 Å². The predicted molar refractivity (Wildman–Crippen MR) is 61.8 cm³/mol. The Morgan fingerprint density at radius 1 is 1.25 bits per heavy atom. The molecule has 0 saturated carbocycles. The normalized spacial score (nSPS) is 19.3. The highest BCUT2D eigenvalue weighted by Crippen LogP contribution is 2.15. The van der Waals surface area contributed by atoms with Gasteiger partial charge in [-0.05, 0) is 12.8 Å². The third-order valence-electron chi connectivity index (χ3n) is 2.82. The van der Waals surface area contributed by atoms with Crippen LogP contribution in [0.4, 0.5) is 0 Å². The first kappa shape index (κ1) is 13.4. The highest BCUT2D eigenvalue weighted by molar-refractivity contribution is 7.86. The van der Waals surface area contributed by atoms with E-state index in [4.69, 9.17) is 5.26 Å². The molecule has 0 aliphatic carbocycles. The second-order valence-electron chi connectivity index (χ2n) is 3.91. The monoisotopic (exact) mass is 245 g/mol. The van der Waals surface area contributed by atoms with Gasteiger partial charge >= 0.3 is 0 Å². The third kappa shape index (κ3) is 3.17. The minimum Gasteiger partial charge on any atom is -0.197 e. The summed E-state index contributed by atoms with van der Waals surface area (Å²) < 4.78 is 27.1. The number of hydrogen-bond donors (Lipinski definition) is 0. The largest absolute Gasteiger partial charge is 0.282 e. The number of nitrogens with zero attached hydrogens (tertiary/aromatic N) is 3. The lowest BCUT2D eigenvalue weighted by Crippen LogP contribution is -2.44. The van der Waals surface area contributed by atoms with Crippen LogP contribution in [0.15, 0.2) is 0 Å². The summed E-state index contributed by atoms with van der Waals surface area (Å²) in [6.45, 7) is 3.23. The van der Waals surface area contributed by atoms with Crippen LogP contribution in [0.2, 0.25) is 0 Å². The van der Waals surface area contributed by atoms with Crippen LogP contribution in [-0.4, -0.2) is 43.2 Å². The van der Waals surface area contributed by atoms with E-state index in [0.29, 0.717) is 19.6 Å². The third-order valence-corrected chi connectivity index (χ3v) is 4.87. The molecule has 1 aliphatic heterocycles. The number of rotatable bonds is 4. The SMILES string of the molecule is CCN(CC#N)S(=O)(=O)N1CCCCCC1. The summed E-state index contributed by atoms with van der Waals surface area (Å²) in [6.07, 6.45) is 4.03. The van der Waals surface area contributed by atoms with Crippen LogP contribution in [0, 0.1) is 11.3 Å². The summed E-state index contributed by atoms with van der Waals surface area (Å²) in [5.74, 6) is 0. The molecule has 6 heteroatoms. The van der Waals surface area contributed by atoms with Crippen molar-refractivity contribution in [3.05, 3.63) is 0 Å². The fourth-order valence-corrected chi connectivity index (χ4v) is 3.46. The molecule has 0 radical (unpaired) electrons. The topological polar surface area (TPSA) is 64.4 Å². The van der Waals surface area contributed by atoms with Crippen molar-refractivity contribution < 1.29 is 8.42 Å². The van der Waals surface area contributed by atoms with Crippen LogP contribution < -0.4 is 0 Å². The molecule has 16 heavy (non-hydrogen) atoms. The molecule has 1 heterocycles. The van der Waals surface area contributed by atoms with Crippen LogP contribution in [0.5, 0.6) is 0 Å². The maximum absolute atomic E-state index is 12.2. The van der Waals surface area contributed by atoms with Crippen LogP contribution in [-0.2, 0) is 10.2 Å². The van der Waals surface area contributed by atoms with Gasteiger partial charge in [-0.2, -0.15) is 22.3 Å². The zero-order valence-corrected chi connectivity index (χ0v) is 10.5.